The van der Waals surface area contributed by atoms with Crippen LogP contribution in [0.25, 0.3) is 0 Å². The summed E-state index contributed by atoms with van der Waals surface area (Å²) in [5.74, 6) is 0.590. The Balaban J connectivity index is 1.41. The predicted molar refractivity (Wildman–Crippen MR) is 121 cm³/mol. The van der Waals surface area contributed by atoms with E-state index in [-0.39, 0.29) is 18.9 Å². The van der Waals surface area contributed by atoms with E-state index in [1.165, 1.54) is 4.90 Å². The van der Waals surface area contributed by atoms with Gasteiger partial charge in [-0.1, -0.05) is 11.6 Å². The Labute approximate surface area is 185 Å². The molecule has 9 heteroatoms. The molecule has 0 spiro atoms. The lowest BCUT2D eigenvalue weighted by Crippen LogP contribution is -2.45. The Hall–Kier alpha value is -3.10. The molecule has 162 valence electrons. The number of aliphatic hydroxyl groups excluding tert-OH is 1. The number of aliphatic hydroxyl groups is 1. The van der Waals surface area contributed by atoms with Crippen molar-refractivity contribution in [1.29, 1.82) is 0 Å². The molecule has 1 saturated heterocycles. The highest BCUT2D eigenvalue weighted by Crippen LogP contribution is 2.22. The average Bonchev–Trinajstić information content (AvgIpc) is 3.36. The Bertz CT molecular complexity index is 993. The van der Waals surface area contributed by atoms with Crippen molar-refractivity contribution in [3.05, 3.63) is 59.1 Å². The number of rotatable bonds is 4. The summed E-state index contributed by atoms with van der Waals surface area (Å²) in [4.78, 5) is 33.5. The van der Waals surface area contributed by atoms with Crippen LogP contribution in [0.2, 0.25) is 5.02 Å². The molecule has 0 radical (unpaired) electrons. The summed E-state index contributed by atoms with van der Waals surface area (Å²) < 4.78 is 0. The minimum absolute atomic E-state index is 0.0859. The number of likely N-dealkylation sites (tertiary alicyclic amines) is 1. The van der Waals surface area contributed by atoms with E-state index in [4.69, 9.17) is 11.6 Å². The second-order valence-corrected chi connectivity index (χ2v) is 8.12. The largest absolute Gasteiger partial charge is 0.391 e. The van der Waals surface area contributed by atoms with Crippen LogP contribution in [0.1, 0.15) is 12.0 Å². The zero-order chi connectivity index (χ0) is 22.0. The molecule has 3 amide bonds. The van der Waals surface area contributed by atoms with E-state index in [1.807, 2.05) is 31.3 Å². The van der Waals surface area contributed by atoms with Gasteiger partial charge in [-0.25, -0.2) is 4.79 Å². The van der Waals surface area contributed by atoms with Crippen molar-refractivity contribution in [3.8, 4) is 0 Å². The molecule has 0 unspecified atom stereocenters. The maximum Gasteiger partial charge on any atom is 0.322 e. The second kappa shape index (κ2) is 8.95. The summed E-state index contributed by atoms with van der Waals surface area (Å²) >= 11 is 5.87. The SMILES string of the molecule is CN1CCN=C1c1ccc(NC(=O)[C@@H]2C[C@@H](O)CN2C(=O)Nc2ccc(Cl)cc2)cc1. The molecular weight excluding hydrogens is 418 g/mol. The highest BCUT2D eigenvalue weighted by atomic mass is 35.5. The van der Waals surface area contributed by atoms with Gasteiger partial charge in [-0.05, 0) is 48.5 Å². The van der Waals surface area contributed by atoms with Gasteiger partial charge >= 0.3 is 6.03 Å². The van der Waals surface area contributed by atoms with Gasteiger partial charge in [0.15, 0.2) is 0 Å². The van der Waals surface area contributed by atoms with Crippen LogP contribution < -0.4 is 10.6 Å². The van der Waals surface area contributed by atoms with Crippen molar-refractivity contribution < 1.29 is 14.7 Å². The quantitative estimate of drug-likeness (QED) is 0.679. The van der Waals surface area contributed by atoms with Gasteiger partial charge in [-0.15, -0.1) is 0 Å². The van der Waals surface area contributed by atoms with Gasteiger partial charge in [0.25, 0.3) is 0 Å². The highest BCUT2D eigenvalue weighted by Gasteiger charge is 2.39. The molecule has 2 aliphatic rings. The number of likely N-dealkylation sites (N-methyl/N-ethyl adjacent to an activating group) is 1. The minimum atomic E-state index is -0.771. The number of hydrogen-bond acceptors (Lipinski definition) is 5. The van der Waals surface area contributed by atoms with Gasteiger partial charge < -0.3 is 25.5 Å². The van der Waals surface area contributed by atoms with Crippen molar-refractivity contribution in [2.24, 2.45) is 4.99 Å². The third-order valence-electron chi connectivity index (χ3n) is 5.41. The van der Waals surface area contributed by atoms with E-state index in [0.29, 0.717) is 16.4 Å². The Morgan fingerprint density at radius 2 is 1.71 bits per heavy atom. The van der Waals surface area contributed by atoms with Crippen molar-refractivity contribution in [3.63, 3.8) is 0 Å². The molecule has 0 bridgehead atoms. The van der Waals surface area contributed by atoms with Crippen molar-refractivity contribution in [2.45, 2.75) is 18.6 Å². The van der Waals surface area contributed by atoms with E-state index >= 15 is 0 Å². The molecule has 2 aromatic carbocycles. The summed E-state index contributed by atoms with van der Waals surface area (Å²) in [6.07, 6.45) is -0.579. The fourth-order valence-electron chi connectivity index (χ4n) is 3.79. The smallest absolute Gasteiger partial charge is 0.322 e. The molecule has 8 nitrogen and oxygen atoms in total. The lowest BCUT2D eigenvalue weighted by atomic mass is 10.1. The number of carbonyl (C=O) groups excluding carboxylic acids is 2. The molecular formula is C22H24ClN5O3. The zero-order valence-electron chi connectivity index (χ0n) is 17.1. The number of nitrogens with zero attached hydrogens (tertiary/aromatic N) is 3. The first-order chi connectivity index (χ1) is 14.9. The number of carbonyl (C=O) groups is 2. The third kappa shape index (κ3) is 4.81. The second-order valence-electron chi connectivity index (χ2n) is 7.69. The van der Waals surface area contributed by atoms with Crippen LogP contribution in [0, 0.1) is 0 Å². The van der Waals surface area contributed by atoms with Gasteiger partial charge in [0, 0.05) is 48.5 Å². The highest BCUT2D eigenvalue weighted by molar-refractivity contribution is 6.30. The van der Waals surface area contributed by atoms with Crippen molar-refractivity contribution in [1.82, 2.24) is 9.80 Å². The van der Waals surface area contributed by atoms with Gasteiger partial charge in [0.2, 0.25) is 5.91 Å². The predicted octanol–water partition coefficient (Wildman–Crippen LogP) is 2.64. The first-order valence-electron chi connectivity index (χ1n) is 10.1. The van der Waals surface area contributed by atoms with E-state index < -0.39 is 18.2 Å². The molecule has 1 fully saturated rings. The summed E-state index contributed by atoms with van der Waals surface area (Å²) in [5.41, 5.74) is 2.16. The van der Waals surface area contributed by atoms with Crippen LogP contribution >= 0.6 is 11.6 Å². The molecule has 2 aromatic rings. The summed E-state index contributed by atoms with van der Waals surface area (Å²) in [5, 5.41) is 16.2. The molecule has 2 atom stereocenters. The first-order valence-corrected chi connectivity index (χ1v) is 10.5. The van der Waals surface area contributed by atoms with Crippen LogP contribution in [-0.2, 0) is 4.79 Å². The third-order valence-corrected chi connectivity index (χ3v) is 5.66. The first kappa shape index (κ1) is 21.1. The maximum atomic E-state index is 12.9. The van der Waals surface area contributed by atoms with Crippen LogP contribution in [0.3, 0.4) is 0 Å². The van der Waals surface area contributed by atoms with Crippen LogP contribution in [-0.4, -0.2) is 71.5 Å². The summed E-state index contributed by atoms with van der Waals surface area (Å²) in [7, 11) is 2.00. The number of nitrogens with one attached hydrogen (secondary N) is 2. The Morgan fingerprint density at radius 1 is 1.06 bits per heavy atom. The number of halogens is 1. The van der Waals surface area contributed by atoms with Crippen molar-refractivity contribution >= 4 is 40.7 Å². The number of anilines is 2. The number of hydrogen-bond donors (Lipinski definition) is 3. The fraction of sp³-hybridized carbons (Fsp3) is 0.318. The number of amidine groups is 1. The monoisotopic (exact) mass is 441 g/mol. The van der Waals surface area contributed by atoms with Crippen LogP contribution in [0.4, 0.5) is 16.2 Å². The number of urea groups is 1. The molecule has 0 aliphatic carbocycles. The standard InChI is InChI=1S/C22H24ClN5O3/c1-27-11-10-24-20(27)14-2-6-16(7-3-14)25-21(30)19-12-18(29)13-28(19)22(31)26-17-8-4-15(23)5-9-17/h2-9,18-19,29H,10-13H2,1H3,(H,25,30)(H,26,31)/t18-,19+/m1/s1. The number of aliphatic imine (C=N–C) groups is 1. The fourth-order valence-corrected chi connectivity index (χ4v) is 3.91. The molecule has 0 saturated carbocycles. The number of β-amino-alcohol motifs (C(OH)–C–C–N with tert-alkyl or cyclic N) is 1. The summed E-state index contributed by atoms with van der Waals surface area (Å²) in [6, 6.07) is 12.9. The van der Waals surface area contributed by atoms with Gasteiger partial charge in [-0.2, -0.15) is 0 Å². The van der Waals surface area contributed by atoms with Crippen molar-refractivity contribution in [2.75, 3.05) is 37.3 Å². The summed E-state index contributed by atoms with van der Waals surface area (Å²) in [6.45, 7) is 1.76. The lowest BCUT2D eigenvalue weighted by Gasteiger charge is -2.24. The topological polar surface area (TPSA) is 97.3 Å². The number of benzene rings is 2. The average molecular weight is 442 g/mol. The molecule has 31 heavy (non-hydrogen) atoms. The van der Waals surface area contributed by atoms with Gasteiger partial charge in [0.1, 0.15) is 11.9 Å². The van der Waals surface area contributed by atoms with E-state index in [1.54, 1.807) is 24.3 Å². The zero-order valence-corrected chi connectivity index (χ0v) is 17.8. The van der Waals surface area contributed by atoms with Gasteiger partial charge in [0.05, 0.1) is 12.6 Å². The molecule has 2 aliphatic heterocycles. The minimum Gasteiger partial charge on any atom is -0.391 e. The normalized spacial score (nSPS) is 20.5. The van der Waals surface area contributed by atoms with Crippen LogP contribution in [0.5, 0.6) is 0 Å². The van der Waals surface area contributed by atoms with E-state index in [2.05, 4.69) is 20.5 Å². The van der Waals surface area contributed by atoms with Crippen LogP contribution in [0.15, 0.2) is 53.5 Å². The molecule has 0 aromatic heterocycles. The number of amides is 3. The van der Waals surface area contributed by atoms with Gasteiger partial charge in [-0.3, -0.25) is 9.79 Å². The molecule has 4 rings (SSSR count). The Kier molecular flexibility index (Phi) is 6.11. The Morgan fingerprint density at radius 3 is 2.35 bits per heavy atom. The molecule has 2 heterocycles. The van der Waals surface area contributed by atoms with E-state index in [9.17, 15) is 14.7 Å². The molecule has 3 N–H and O–H groups in total. The maximum absolute atomic E-state index is 12.9. The lowest BCUT2D eigenvalue weighted by molar-refractivity contribution is -0.119. The van der Waals surface area contributed by atoms with E-state index in [0.717, 1.165) is 24.5 Å².